The van der Waals surface area contributed by atoms with Crippen LogP contribution in [0.5, 0.6) is 0 Å². The second-order valence-corrected chi connectivity index (χ2v) is 16.4. The zero-order valence-corrected chi connectivity index (χ0v) is 26.8. The Bertz CT molecular complexity index is 2310. The topological polar surface area (TPSA) is 37.3 Å². The van der Waals surface area contributed by atoms with Gasteiger partial charge in [0.25, 0.3) is 0 Å². The van der Waals surface area contributed by atoms with Crippen LogP contribution < -0.4 is 20.7 Å². The fraction of sp³-hybridized carbons (Fsp3) is 0. The van der Waals surface area contributed by atoms with Gasteiger partial charge in [-0.05, 0) is 53.4 Å². The van der Waals surface area contributed by atoms with Crippen LogP contribution in [-0.2, 0) is 11.1 Å². The summed E-state index contributed by atoms with van der Waals surface area (Å²) in [5, 5.41) is 11.2. The lowest BCUT2D eigenvalue weighted by Crippen LogP contribution is -2.74. The van der Waals surface area contributed by atoms with Gasteiger partial charge in [-0.1, -0.05) is 176 Å². The number of benzene rings is 8. The minimum atomic E-state index is -2.83. The SMILES string of the molecule is O=S(O)c1c2ccccc2c(-c2cccc([Si](c3ccccc3)(c3ccccc3)c3ccc4ccccc4c3)c2)c2ccccc12. The molecule has 220 valence electrons. The first-order valence-electron chi connectivity index (χ1n) is 15.4. The summed E-state index contributed by atoms with van der Waals surface area (Å²) in [6.07, 6.45) is 0. The Labute approximate surface area is 271 Å². The number of hydrogen-bond acceptors (Lipinski definition) is 1. The molecule has 8 aromatic carbocycles. The van der Waals surface area contributed by atoms with Crippen LogP contribution in [0.1, 0.15) is 0 Å². The van der Waals surface area contributed by atoms with Crippen molar-refractivity contribution in [2.24, 2.45) is 0 Å². The van der Waals surface area contributed by atoms with E-state index in [1.165, 1.54) is 31.5 Å². The molecule has 0 bridgehead atoms. The maximum absolute atomic E-state index is 12.7. The molecule has 0 fully saturated rings. The smallest absolute Gasteiger partial charge is 0.187 e. The van der Waals surface area contributed by atoms with Crippen LogP contribution in [0.25, 0.3) is 43.4 Å². The minimum absolute atomic E-state index is 0.458. The molecule has 46 heavy (non-hydrogen) atoms. The quantitative estimate of drug-likeness (QED) is 0.0886. The first-order valence-corrected chi connectivity index (χ1v) is 18.5. The van der Waals surface area contributed by atoms with E-state index in [1.807, 2.05) is 36.4 Å². The van der Waals surface area contributed by atoms with Gasteiger partial charge in [-0.15, -0.1) is 0 Å². The van der Waals surface area contributed by atoms with Gasteiger partial charge >= 0.3 is 0 Å². The molecule has 0 aliphatic rings. The van der Waals surface area contributed by atoms with Gasteiger partial charge in [0.05, 0.1) is 4.90 Å². The van der Waals surface area contributed by atoms with Gasteiger partial charge in [-0.2, -0.15) is 0 Å². The lowest BCUT2D eigenvalue weighted by Gasteiger charge is -2.35. The van der Waals surface area contributed by atoms with Gasteiger partial charge in [0.1, 0.15) is 0 Å². The normalized spacial score (nSPS) is 12.5. The summed E-state index contributed by atoms with van der Waals surface area (Å²) in [4.78, 5) is 0.458. The standard InChI is InChI=1S/C42H30O2SSi/c43-45(44)42-39-24-11-9-22-37(39)41(38-23-10-12-25-40(38)42)32-16-13-21-35(29-32)46(33-17-3-1-4-18-33,34-19-5-2-6-20-34)36-27-26-30-14-7-8-15-31(30)28-36/h1-29H,(H,43,44). The molecule has 8 aromatic rings. The summed E-state index contributed by atoms with van der Waals surface area (Å²) in [5.74, 6) is 0. The summed E-state index contributed by atoms with van der Waals surface area (Å²) in [6.45, 7) is 0. The van der Waals surface area contributed by atoms with Gasteiger partial charge in [0.15, 0.2) is 19.2 Å². The summed E-state index contributed by atoms with van der Waals surface area (Å²) < 4.78 is 23.2. The second-order valence-electron chi connectivity index (χ2n) is 11.7. The molecule has 0 radical (unpaired) electrons. The number of hydrogen-bond donors (Lipinski definition) is 1. The van der Waals surface area contributed by atoms with E-state index in [-0.39, 0.29) is 0 Å². The monoisotopic (exact) mass is 626 g/mol. The summed E-state index contributed by atoms with van der Waals surface area (Å²) in [7, 11) is -2.83. The Morgan fingerprint density at radius 2 is 0.891 bits per heavy atom. The molecule has 0 aromatic heterocycles. The number of rotatable bonds is 6. The third-order valence-electron chi connectivity index (χ3n) is 9.24. The number of fused-ring (bicyclic) bond motifs is 3. The Morgan fingerprint density at radius 3 is 1.48 bits per heavy atom. The van der Waals surface area contributed by atoms with Gasteiger partial charge in [0, 0.05) is 10.8 Å². The van der Waals surface area contributed by atoms with Crippen molar-refractivity contribution in [3.8, 4) is 11.1 Å². The van der Waals surface area contributed by atoms with Crippen molar-refractivity contribution in [2.75, 3.05) is 0 Å². The lowest BCUT2D eigenvalue weighted by molar-refractivity contribution is 0.566. The van der Waals surface area contributed by atoms with Crippen LogP contribution in [0.15, 0.2) is 181 Å². The molecule has 1 N–H and O–H groups in total. The van der Waals surface area contributed by atoms with E-state index in [0.717, 1.165) is 32.7 Å². The minimum Gasteiger partial charge on any atom is -0.302 e. The zero-order chi connectivity index (χ0) is 31.1. The molecule has 2 nitrogen and oxygen atoms in total. The van der Waals surface area contributed by atoms with Gasteiger partial charge in [-0.25, -0.2) is 4.21 Å². The average molecular weight is 627 g/mol. The molecular formula is C42H30O2SSi. The zero-order valence-electron chi connectivity index (χ0n) is 25.0. The van der Waals surface area contributed by atoms with E-state index in [0.29, 0.717) is 4.90 Å². The van der Waals surface area contributed by atoms with Crippen molar-refractivity contribution < 1.29 is 8.76 Å². The fourth-order valence-electron chi connectivity index (χ4n) is 7.29. The Balaban J connectivity index is 1.49. The van der Waals surface area contributed by atoms with E-state index in [2.05, 4.69) is 140 Å². The third kappa shape index (κ3) is 4.53. The highest BCUT2D eigenvalue weighted by atomic mass is 32.2. The maximum atomic E-state index is 12.7. The summed E-state index contributed by atoms with van der Waals surface area (Å²) >= 11 is -2.14. The second kappa shape index (κ2) is 11.7. The Morgan fingerprint density at radius 1 is 0.413 bits per heavy atom. The van der Waals surface area contributed by atoms with Crippen LogP contribution in [0, 0.1) is 0 Å². The van der Waals surface area contributed by atoms with E-state index < -0.39 is 19.2 Å². The summed E-state index contributed by atoms with van der Waals surface area (Å²) in [6, 6.07) is 62.5. The van der Waals surface area contributed by atoms with Gasteiger partial charge in [-0.3, -0.25) is 0 Å². The summed E-state index contributed by atoms with van der Waals surface area (Å²) in [5.41, 5.74) is 2.16. The highest BCUT2D eigenvalue weighted by molar-refractivity contribution is 7.79. The van der Waals surface area contributed by atoms with Gasteiger partial charge < -0.3 is 4.55 Å². The van der Waals surface area contributed by atoms with Crippen molar-refractivity contribution in [3.05, 3.63) is 176 Å². The van der Waals surface area contributed by atoms with E-state index >= 15 is 0 Å². The molecule has 0 saturated carbocycles. The molecule has 0 aliphatic heterocycles. The molecule has 0 aliphatic carbocycles. The fourth-order valence-corrected chi connectivity index (χ4v) is 12.8. The molecule has 1 unspecified atom stereocenters. The molecule has 8 rings (SSSR count). The first-order chi connectivity index (χ1) is 22.7. The highest BCUT2D eigenvalue weighted by Crippen LogP contribution is 2.40. The Kier molecular flexibility index (Phi) is 7.19. The molecule has 1 atom stereocenters. The molecule has 0 heterocycles. The van der Waals surface area contributed by atoms with Crippen LogP contribution in [0.4, 0.5) is 0 Å². The predicted octanol–water partition coefficient (Wildman–Crippen LogP) is 7.77. The first kappa shape index (κ1) is 28.3. The van der Waals surface area contributed by atoms with E-state index in [4.69, 9.17) is 0 Å². The molecule has 4 heteroatoms. The highest BCUT2D eigenvalue weighted by Gasteiger charge is 2.41. The third-order valence-corrected chi connectivity index (χ3v) is 14.8. The van der Waals surface area contributed by atoms with Gasteiger partial charge in [0.2, 0.25) is 0 Å². The largest absolute Gasteiger partial charge is 0.302 e. The van der Waals surface area contributed by atoms with Crippen molar-refractivity contribution in [1.29, 1.82) is 0 Å². The van der Waals surface area contributed by atoms with Crippen molar-refractivity contribution in [2.45, 2.75) is 4.90 Å². The predicted molar refractivity (Wildman–Crippen MR) is 197 cm³/mol. The van der Waals surface area contributed by atoms with Crippen LogP contribution >= 0.6 is 0 Å². The Hall–Kier alpha value is -5.13. The van der Waals surface area contributed by atoms with Crippen molar-refractivity contribution in [1.82, 2.24) is 0 Å². The maximum Gasteiger partial charge on any atom is 0.187 e. The molecular weight excluding hydrogens is 597 g/mol. The van der Waals surface area contributed by atoms with Crippen molar-refractivity contribution >= 4 is 72.2 Å². The van der Waals surface area contributed by atoms with Crippen LogP contribution in [-0.4, -0.2) is 16.8 Å². The average Bonchev–Trinajstić information content (AvgIpc) is 3.11. The van der Waals surface area contributed by atoms with Crippen LogP contribution in [0.3, 0.4) is 0 Å². The van der Waals surface area contributed by atoms with E-state index in [9.17, 15) is 8.76 Å². The molecule has 0 spiro atoms. The lowest BCUT2D eigenvalue weighted by atomic mass is 9.92. The van der Waals surface area contributed by atoms with Crippen molar-refractivity contribution in [3.63, 3.8) is 0 Å². The molecule has 0 amide bonds. The molecule has 0 saturated heterocycles. The van der Waals surface area contributed by atoms with Crippen LogP contribution in [0.2, 0.25) is 0 Å². The van der Waals surface area contributed by atoms with E-state index in [1.54, 1.807) is 0 Å².